The van der Waals surface area contributed by atoms with E-state index in [0.29, 0.717) is 18.2 Å². The number of aliphatic imine (C=N–C) groups is 1. The van der Waals surface area contributed by atoms with Gasteiger partial charge in [-0.15, -0.1) is 0 Å². The minimum absolute atomic E-state index is 0.380. The van der Waals surface area contributed by atoms with E-state index in [2.05, 4.69) is 46.8 Å². The van der Waals surface area contributed by atoms with Crippen molar-refractivity contribution in [2.45, 2.75) is 57.3 Å². The monoisotopic (exact) mass is 301 g/mol. The van der Waals surface area contributed by atoms with Crippen LogP contribution in [0.25, 0.3) is 0 Å². The molecule has 4 nitrogen and oxygen atoms in total. The molecule has 0 amide bonds. The van der Waals surface area contributed by atoms with Gasteiger partial charge in [0.05, 0.1) is 18.2 Å². The predicted octanol–water partition coefficient (Wildman–Crippen LogP) is 2.28. The molecule has 3 unspecified atom stereocenters. The normalized spacial score (nSPS) is 27.2. The van der Waals surface area contributed by atoms with Crippen LogP contribution in [0, 0.1) is 0 Å². The number of hydrogen-bond donors (Lipinski definition) is 2. The molecule has 0 spiro atoms. The fraction of sp³-hybridized carbons (Fsp3) is 0.611. The third-order valence-electron chi connectivity index (χ3n) is 4.79. The number of rotatable bonds is 5. The average Bonchev–Trinajstić information content (AvgIpc) is 3.17. The van der Waals surface area contributed by atoms with Crippen LogP contribution >= 0.6 is 0 Å². The molecule has 0 saturated carbocycles. The van der Waals surface area contributed by atoms with Gasteiger partial charge in [0, 0.05) is 13.6 Å². The first-order valence-corrected chi connectivity index (χ1v) is 8.49. The van der Waals surface area contributed by atoms with Crippen molar-refractivity contribution in [2.75, 3.05) is 13.6 Å². The molecule has 2 fully saturated rings. The lowest BCUT2D eigenvalue weighted by atomic mass is 9.96. The summed E-state index contributed by atoms with van der Waals surface area (Å²) in [5.41, 5.74) is 2.76. The van der Waals surface area contributed by atoms with E-state index >= 15 is 0 Å². The molecule has 0 aliphatic carbocycles. The number of nitrogens with one attached hydrogen (secondary N) is 2. The van der Waals surface area contributed by atoms with Crippen molar-refractivity contribution < 1.29 is 4.74 Å². The van der Waals surface area contributed by atoms with Gasteiger partial charge in [0.15, 0.2) is 5.96 Å². The largest absolute Gasteiger partial charge is 0.373 e. The Hall–Kier alpha value is -1.55. The Morgan fingerprint density at radius 1 is 1.23 bits per heavy atom. The molecule has 2 saturated heterocycles. The number of hydrogen-bond acceptors (Lipinski definition) is 2. The number of aryl methyl sites for hydroxylation is 1. The van der Waals surface area contributed by atoms with Crippen LogP contribution in [-0.2, 0) is 17.6 Å². The van der Waals surface area contributed by atoms with E-state index in [1.54, 1.807) is 0 Å². The van der Waals surface area contributed by atoms with Crippen LogP contribution in [-0.4, -0.2) is 37.8 Å². The van der Waals surface area contributed by atoms with Crippen LogP contribution in [0.3, 0.4) is 0 Å². The zero-order chi connectivity index (χ0) is 15.4. The van der Waals surface area contributed by atoms with E-state index in [-0.39, 0.29) is 0 Å². The summed E-state index contributed by atoms with van der Waals surface area (Å²) in [6.07, 6.45) is 6.48. The third kappa shape index (κ3) is 3.61. The first-order chi connectivity index (χ1) is 10.8. The summed E-state index contributed by atoms with van der Waals surface area (Å²) in [5.74, 6) is 0.895. The van der Waals surface area contributed by atoms with Crippen molar-refractivity contribution in [1.82, 2.24) is 10.6 Å². The van der Waals surface area contributed by atoms with E-state index in [1.165, 1.54) is 24.0 Å². The smallest absolute Gasteiger partial charge is 0.191 e. The Labute approximate surface area is 133 Å². The fourth-order valence-electron chi connectivity index (χ4n) is 3.43. The second-order valence-corrected chi connectivity index (χ2v) is 6.28. The first-order valence-electron chi connectivity index (χ1n) is 8.49. The molecular weight excluding hydrogens is 274 g/mol. The number of benzene rings is 1. The highest BCUT2D eigenvalue weighted by atomic mass is 16.5. The zero-order valence-corrected chi connectivity index (χ0v) is 13.6. The Balaban J connectivity index is 1.43. The van der Waals surface area contributed by atoms with Gasteiger partial charge in [0.1, 0.15) is 0 Å². The van der Waals surface area contributed by atoms with Crippen LogP contribution in [0.5, 0.6) is 0 Å². The summed E-state index contributed by atoms with van der Waals surface area (Å²) in [6, 6.07) is 9.30. The maximum atomic E-state index is 5.88. The van der Waals surface area contributed by atoms with Crippen molar-refractivity contribution in [3.05, 3.63) is 35.4 Å². The molecule has 0 radical (unpaired) electrons. The molecule has 2 aliphatic heterocycles. The Bertz CT molecular complexity index is 512. The van der Waals surface area contributed by atoms with Crippen molar-refractivity contribution in [2.24, 2.45) is 4.99 Å². The second kappa shape index (κ2) is 7.14. The highest BCUT2D eigenvalue weighted by molar-refractivity contribution is 5.80. The molecule has 2 aliphatic rings. The second-order valence-electron chi connectivity index (χ2n) is 6.28. The molecule has 0 aromatic heterocycles. The number of ether oxygens (including phenoxy) is 1. The van der Waals surface area contributed by atoms with Crippen molar-refractivity contribution in [3.8, 4) is 0 Å². The number of fused-ring (bicyclic) bond motifs is 2. The van der Waals surface area contributed by atoms with Crippen LogP contribution in [0.15, 0.2) is 29.3 Å². The van der Waals surface area contributed by atoms with Gasteiger partial charge in [-0.05, 0) is 43.2 Å². The molecule has 1 aromatic rings. The van der Waals surface area contributed by atoms with Gasteiger partial charge in [-0.25, -0.2) is 0 Å². The maximum absolute atomic E-state index is 5.88. The predicted molar refractivity (Wildman–Crippen MR) is 90.3 cm³/mol. The van der Waals surface area contributed by atoms with E-state index in [9.17, 15) is 0 Å². The Morgan fingerprint density at radius 3 is 2.59 bits per heavy atom. The lowest BCUT2D eigenvalue weighted by molar-refractivity contribution is 0.0992. The van der Waals surface area contributed by atoms with E-state index in [4.69, 9.17) is 4.74 Å². The highest BCUT2D eigenvalue weighted by Crippen LogP contribution is 2.34. The van der Waals surface area contributed by atoms with Crippen molar-refractivity contribution in [3.63, 3.8) is 0 Å². The molecule has 3 atom stereocenters. The molecule has 3 rings (SSSR count). The summed E-state index contributed by atoms with van der Waals surface area (Å²) < 4.78 is 5.88. The van der Waals surface area contributed by atoms with Crippen LogP contribution in [0.4, 0.5) is 0 Å². The maximum Gasteiger partial charge on any atom is 0.191 e. The molecule has 2 N–H and O–H groups in total. The van der Waals surface area contributed by atoms with E-state index < -0.39 is 0 Å². The molecule has 120 valence electrons. The summed E-state index contributed by atoms with van der Waals surface area (Å²) >= 11 is 0. The van der Waals surface area contributed by atoms with Crippen molar-refractivity contribution >= 4 is 5.96 Å². The molecule has 22 heavy (non-hydrogen) atoms. The Kier molecular flexibility index (Phi) is 4.98. The zero-order valence-electron chi connectivity index (χ0n) is 13.6. The van der Waals surface area contributed by atoms with Gasteiger partial charge < -0.3 is 15.4 Å². The quantitative estimate of drug-likeness (QED) is 0.648. The SMILES string of the molecule is CCc1ccc(CCNC(=NC)NC2CC3CCC2O3)cc1. The van der Waals surface area contributed by atoms with Crippen molar-refractivity contribution in [1.29, 1.82) is 0 Å². The van der Waals surface area contributed by atoms with Gasteiger partial charge >= 0.3 is 0 Å². The summed E-state index contributed by atoms with van der Waals surface area (Å²) in [4.78, 5) is 4.33. The molecule has 4 heteroatoms. The lowest BCUT2D eigenvalue weighted by Gasteiger charge is -2.22. The fourth-order valence-corrected chi connectivity index (χ4v) is 3.43. The third-order valence-corrected chi connectivity index (χ3v) is 4.79. The standard InChI is InChI=1S/C18H27N3O/c1-3-13-4-6-14(7-5-13)10-11-20-18(19-2)21-16-12-15-8-9-17(16)22-15/h4-7,15-17H,3,8-12H2,1-2H3,(H2,19,20,21). The minimum Gasteiger partial charge on any atom is -0.373 e. The first kappa shape index (κ1) is 15.3. The topological polar surface area (TPSA) is 45.7 Å². The highest BCUT2D eigenvalue weighted by Gasteiger charge is 2.41. The van der Waals surface area contributed by atoms with E-state index in [1.807, 2.05) is 7.05 Å². The van der Waals surface area contributed by atoms with Crippen LogP contribution in [0.2, 0.25) is 0 Å². The molecule has 1 aromatic carbocycles. The van der Waals surface area contributed by atoms with Gasteiger partial charge in [0.25, 0.3) is 0 Å². The lowest BCUT2D eigenvalue weighted by Crippen LogP contribution is -2.47. The van der Waals surface area contributed by atoms with Crippen LogP contribution in [0.1, 0.15) is 37.3 Å². The van der Waals surface area contributed by atoms with E-state index in [0.717, 1.165) is 31.8 Å². The number of guanidine groups is 1. The van der Waals surface area contributed by atoms with Gasteiger partial charge in [-0.3, -0.25) is 4.99 Å². The molecule has 2 heterocycles. The summed E-state index contributed by atoms with van der Waals surface area (Å²) in [7, 11) is 1.83. The number of nitrogens with zero attached hydrogens (tertiary/aromatic N) is 1. The van der Waals surface area contributed by atoms with Gasteiger partial charge in [-0.2, -0.15) is 0 Å². The molecular formula is C18H27N3O. The van der Waals surface area contributed by atoms with Gasteiger partial charge in [-0.1, -0.05) is 31.2 Å². The Morgan fingerprint density at radius 2 is 2.00 bits per heavy atom. The minimum atomic E-state index is 0.380. The summed E-state index contributed by atoms with van der Waals surface area (Å²) in [6.45, 7) is 3.08. The van der Waals surface area contributed by atoms with Gasteiger partial charge in [0.2, 0.25) is 0 Å². The van der Waals surface area contributed by atoms with Crippen LogP contribution < -0.4 is 10.6 Å². The molecule has 2 bridgehead atoms. The average molecular weight is 301 g/mol. The summed E-state index contributed by atoms with van der Waals surface area (Å²) in [5, 5.41) is 6.93.